The third kappa shape index (κ3) is 3.64. The van der Waals surface area contributed by atoms with Gasteiger partial charge in [0.2, 0.25) is 0 Å². The summed E-state index contributed by atoms with van der Waals surface area (Å²) in [4.78, 5) is 16.5. The Morgan fingerprint density at radius 2 is 1.86 bits per heavy atom. The Morgan fingerprint density at radius 3 is 2.54 bits per heavy atom. The van der Waals surface area contributed by atoms with Gasteiger partial charge in [-0.2, -0.15) is 0 Å². The Morgan fingerprint density at radius 1 is 1.14 bits per heavy atom. The number of anilines is 1. The molecule has 0 saturated heterocycles. The van der Waals surface area contributed by atoms with Crippen LogP contribution in [0.15, 0.2) is 41.7 Å². The minimum absolute atomic E-state index is 0.162. The molecule has 0 radical (unpaired) electrons. The van der Waals surface area contributed by atoms with E-state index in [2.05, 4.69) is 19.9 Å². The van der Waals surface area contributed by atoms with E-state index in [1.807, 2.05) is 12.1 Å². The summed E-state index contributed by atoms with van der Waals surface area (Å²) in [5.41, 5.74) is 9.25. The highest BCUT2D eigenvalue weighted by molar-refractivity contribution is 7.90. The molecule has 1 aliphatic rings. The molecular formula is C20H23N5O2S. The molecule has 3 aromatic heterocycles. The molecule has 28 heavy (non-hydrogen) atoms. The maximum atomic E-state index is 12.0. The summed E-state index contributed by atoms with van der Waals surface area (Å²) in [6.07, 6.45) is 11.7. The second-order valence-corrected chi connectivity index (χ2v) is 9.31. The Labute approximate surface area is 164 Å². The molecule has 1 aliphatic carbocycles. The van der Waals surface area contributed by atoms with Crippen LogP contribution < -0.4 is 5.73 Å². The molecule has 7 nitrogen and oxygen atoms in total. The lowest BCUT2D eigenvalue weighted by molar-refractivity contribution is 0.439. The zero-order valence-corrected chi connectivity index (χ0v) is 16.5. The standard InChI is InChI=1S/C20H23N5O2S/c1-28(26,27)15-11-16(13-7-9-22-10-8-13)18(23-12-15)20-24-17(19(21)25-20)14-5-3-2-4-6-14/h7-12,14H,2-6,21H2,1H3,(H,24,25). The van der Waals surface area contributed by atoms with Crippen molar-refractivity contribution in [1.29, 1.82) is 0 Å². The first-order valence-corrected chi connectivity index (χ1v) is 11.3. The highest BCUT2D eigenvalue weighted by Gasteiger charge is 2.23. The number of nitrogens with two attached hydrogens (primary N) is 1. The molecule has 0 amide bonds. The number of imidazole rings is 1. The summed E-state index contributed by atoms with van der Waals surface area (Å²) >= 11 is 0. The number of nitrogens with zero attached hydrogens (tertiary/aromatic N) is 3. The Hall–Kier alpha value is -2.74. The fourth-order valence-electron chi connectivity index (χ4n) is 3.80. The molecule has 0 unspecified atom stereocenters. The van der Waals surface area contributed by atoms with Crippen LogP contribution in [-0.2, 0) is 9.84 Å². The molecule has 1 fully saturated rings. The van der Waals surface area contributed by atoms with Crippen molar-refractivity contribution in [2.24, 2.45) is 0 Å². The lowest BCUT2D eigenvalue weighted by Gasteiger charge is -2.20. The Balaban J connectivity index is 1.83. The first-order valence-electron chi connectivity index (χ1n) is 9.40. The number of nitrogens with one attached hydrogen (secondary N) is 1. The SMILES string of the molecule is CS(=O)(=O)c1cnc(-c2nc(N)c(C3CCCCC3)[nH]2)c(-c2ccncc2)c1. The summed E-state index contributed by atoms with van der Waals surface area (Å²) in [7, 11) is -3.39. The first-order chi connectivity index (χ1) is 13.4. The largest absolute Gasteiger partial charge is 0.382 e. The van der Waals surface area contributed by atoms with E-state index in [9.17, 15) is 8.42 Å². The van der Waals surface area contributed by atoms with Gasteiger partial charge in [-0.05, 0) is 36.6 Å². The number of hydrogen-bond acceptors (Lipinski definition) is 6. The van der Waals surface area contributed by atoms with Gasteiger partial charge in [0, 0.05) is 36.3 Å². The lowest BCUT2D eigenvalue weighted by atomic mass is 9.87. The van der Waals surface area contributed by atoms with Crippen molar-refractivity contribution in [2.75, 3.05) is 12.0 Å². The van der Waals surface area contributed by atoms with Gasteiger partial charge in [0.05, 0.1) is 10.6 Å². The first kappa shape index (κ1) is 18.6. The van der Waals surface area contributed by atoms with Crippen LogP contribution in [0.1, 0.15) is 43.7 Å². The second-order valence-electron chi connectivity index (χ2n) is 7.29. The number of pyridine rings is 2. The number of nitrogen functional groups attached to an aromatic ring is 1. The summed E-state index contributed by atoms with van der Waals surface area (Å²) in [6, 6.07) is 5.27. The predicted molar refractivity (Wildman–Crippen MR) is 108 cm³/mol. The van der Waals surface area contributed by atoms with Crippen LogP contribution >= 0.6 is 0 Å². The van der Waals surface area contributed by atoms with Crippen LogP contribution in [0.25, 0.3) is 22.6 Å². The maximum Gasteiger partial charge on any atom is 0.177 e. The molecule has 146 valence electrons. The fraction of sp³-hybridized carbons (Fsp3) is 0.350. The zero-order chi connectivity index (χ0) is 19.7. The summed E-state index contributed by atoms with van der Waals surface area (Å²) in [6.45, 7) is 0. The van der Waals surface area contributed by atoms with Crippen molar-refractivity contribution >= 4 is 15.7 Å². The Kier molecular flexibility index (Phi) is 4.89. The second kappa shape index (κ2) is 7.35. The van der Waals surface area contributed by atoms with Gasteiger partial charge in [-0.3, -0.25) is 9.97 Å². The molecule has 3 aromatic rings. The number of aromatic amines is 1. The molecule has 0 aromatic carbocycles. The molecule has 3 N–H and O–H groups in total. The number of H-pyrrole nitrogens is 1. The highest BCUT2D eigenvalue weighted by Crippen LogP contribution is 2.37. The molecule has 4 rings (SSSR count). The van der Waals surface area contributed by atoms with E-state index >= 15 is 0 Å². The van der Waals surface area contributed by atoms with Crippen molar-refractivity contribution in [1.82, 2.24) is 19.9 Å². The van der Waals surface area contributed by atoms with Gasteiger partial charge in [0.15, 0.2) is 15.7 Å². The van der Waals surface area contributed by atoms with Crippen molar-refractivity contribution in [3.8, 4) is 22.6 Å². The maximum absolute atomic E-state index is 12.0. The molecular weight excluding hydrogens is 374 g/mol. The van der Waals surface area contributed by atoms with Crippen LogP contribution in [-0.4, -0.2) is 34.6 Å². The fourth-order valence-corrected chi connectivity index (χ4v) is 4.38. The van der Waals surface area contributed by atoms with Crippen LogP contribution in [0.4, 0.5) is 5.82 Å². The lowest BCUT2D eigenvalue weighted by Crippen LogP contribution is -2.07. The van der Waals surface area contributed by atoms with Crippen molar-refractivity contribution in [3.05, 3.63) is 42.5 Å². The summed E-state index contributed by atoms with van der Waals surface area (Å²) in [5.74, 6) is 1.44. The Bertz CT molecular complexity index is 1090. The number of rotatable bonds is 4. The van der Waals surface area contributed by atoms with E-state index in [1.165, 1.54) is 31.7 Å². The molecule has 1 saturated carbocycles. The number of hydrogen-bond donors (Lipinski definition) is 2. The molecule has 3 heterocycles. The average molecular weight is 398 g/mol. The van der Waals surface area contributed by atoms with Crippen LogP contribution in [0.2, 0.25) is 0 Å². The van der Waals surface area contributed by atoms with Gasteiger partial charge < -0.3 is 10.7 Å². The topological polar surface area (TPSA) is 115 Å². The average Bonchev–Trinajstić information content (AvgIpc) is 3.10. The third-order valence-corrected chi connectivity index (χ3v) is 6.36. The molecule has 0 aliphatic heterocycles. The molecule has 0 spiro atoms. The predicted octanol–water partition coefficient (Wildman–Crippen LogP) is 3.57. The van der Waals surface area contributed by atoms with Gasteiger partial charge in [-0.15, -0.1) is 0 Å². The van der Waals surface area contributed by atoms with E-state index < -0.39 is 9.84 Å². The van der Waals surface area contributed by atoms with E-state index in [0.717, 1.165) is 24.1 Å². The van der Waals surface area contributed by atoms with Gasteiger partial charge in [-0.1, -0.05) is 19.3 Å². The van der Waals surface area contributed by atoms with Gasteiger partial charge in [0.1, 0.15) is 11.5 Å². The summed E-state index contributed by atoms with van der Waals surface area (Å²) in [5, 5.41) is 0. The van der Waals surface area contributed by atoms with Crippen molar-refractivity contribution in [2.45, 2.75) is 42.9 Å². The van der Waals surface area contributed by atoms with E-state index in [0.29, 0.717) is 28.8 Å². The minimum atomic E-state index is -3.39. The molecule has 8 heteroatoms. The highest BCUT2D eigenvalue weighted by atomic mass is 32.2. The van der Waals surface area contributed by atoms with Crippen molar-refractivity contribution in [3.63, 3.8) is 0 Å². The van der Waals surface area contributed by atoms with E-state index in [4.69, 9.17) is 5.73 Å². The van der Waals surface area contributed by atoms with Gasteiger partial charge in [-0.25, -0.2) is 13.4 Å². The smallest absolute Gasteiger partial charge is 0.177 e. The van der Waals surface area contributed by atoms with Crippen LogP contribution in [0.3, 0.4) is 0 Å². The zero-order valence-electron chi connectivity index (χ0n) is 15.7. The van der Waals surface area contributed by atoms with Crippen molar-refractivity contribution < 1.29 is 8.42 Å². The quantitative estimate of drug-likeness (QED) is 0.695. The molecule has 0 bridgehead atoms. The monoisotopic (exact) mass is 397 g/mol. The number of sulfone groups is 1. The third-order valence-electron chi connectivity index (χ3n) is 5.28. The van der Waals surface area contributed by atoms with Crippen LogP contribution in [0.5, 0.6) is 0 Å². The van der Waals surface area contributed by atoms with E-state index in [1.54, 1.807) is 18.5 Å². The van der Waals surface area contributed by atoms with E-state index in [-0.39, 0.29) is 4.90 Å². The minimum Gasteiger partial charge on any atom is -0.382 e. The van der Waals surface area contributed by atoms with Gasteiger partial charge >= 0.3 is 0 Å². The van der Waals surface area contributed by atoms with Crippen LogP contribution in [0, 0.1) is 0 Å². The number of aromatic nitrogens is 4. The molecule has 0 atom stereocenters. The normalized spacial score (nSPS) is 15.6. The summed E-state index contributed by atoms with van der Waals surface area (Å²) < 4.78 is 24.1. The van der Waals surface area contributed by atoms with Gasteiger partial charge in [0.25, 0.3) is 0 Å².